The fourth-order valence-corrected chi connectivity index (χ4v) is 2.40. The van der Waals surface area contributed by atoms with Gasteiger partial charge in [0.2, 0.25) is 0 Å². The van der Waals surface area contributed by atoms with Crippen molar-refractivity contribution in [1.29, 1.82) is 0 Å². The summed E-state index contributed by atoms with van der Waals surface area (Å²) in [4.78, 5) is 23.9. The monoisotopic (exact) mass is 373 g/mol. The van der Waals surface area contributed by atoms with Gasteiger partial charge in [0.05, 0.1) is 31.1 Å². The number of methoxy groups -OCH3 is 1. The Kier molecular flexibility index (Phi) is 6.65. The van der Waals surface area contributed by atoms with Crippen LogP contribution in [-0.2, 0) is 0 Å². The number of nitrogens with one attached hydrogen (secondary N) is 1. The fraction of sp³-hybridized carbons (Fsp3) is 0.300. The highest BCUT2D eigenvalue weighted by atomic mass is 16.5. The number of amides is 1. The number of aromatic carboxylic acids is 1. The number of rotatable bonds is 8. The molecule has 2 aromatic carbocycles. The SMILES string of the molecule is CCOc1ccc(C(=O)Nc2cc(C(=O)O)ccc2OC(C)C)cc1OC. The van der Waals surface area contributed by atoms with E-state index < -0.39 is 11.9 Å². The van der Waals surface area contributed by atoms with Gasteiger partial charge in [-0.15, -0.1) is 0 Å². The Balaban J connectivity index is 2.33. The van der Waals surface area contributed by atoms with E-state index in [1.54, 1.807) is 18.2 Å². The quantitative estimate of drug-likeness (QED) is 0.730. The van der Waals surface area contributed by atoms with Gasteiger partial charge in [-0.05, 0) is 57.2 Å². The number of carbonyl (C=O) groups excluding carboxylic acids is 1. The van der Waals surface area contributed by atoms with E-state index in [4.69, 9.17) is 14.2 Å². The first-order chi connectivity index (χ1) is 12.8. The van der Waals surface area contributed by atoms with E-state index in [-0.39, 0.29) is 17.4 Å². The number of benzene rings is 2. The van der Waals surface area contributed by atoms with E-state index >= 15 is 0 Å². The van der Waals surface area contributed by atoms with Gasteiger partial charge < -0.3 is 24.6 Å². The van der Waals surface area contributed by atoms with E-state index in [2.05, 4.69) is 5.32 Å². The van der Waals surface area contributed by atoms with Gasteiger partial charge in [0, 0.05) is 5.56 Å². The molecule has 0 saturated heterocycles. The molecule has 0 saturated carbocycles. The molecule has 0 aliphatic heterocycles. The van der Waals surface area contributed by atoms with Crippen molar-refractivity contribution in [2.24, 2.45) is 0 Å². The minimum absolute atomic E-state index is 0.0469. The summed E-state index contributed by atoms with van der Waals surface area (Å²) in [6.07, 6.45) is -0.137. The normalized spacial score (nSPS) is 10.4. The molecule has 0 fully saturated rings. The Bertz CT molecular complexity index is 831. The lowest BCUT2D eigenvalue weighted by atomic mass is 10.1. The van der Waals surface area contributed by atoms with Gasteiger partial charge in [-0.1, -0.05) is 0 Å². The van der Waals surface area contributed by atoms with Crippen molar-refractivity contribution in [3.05, 3.63) is 47.5 Å². The van der Waals surface area contributed by atoms with Crippen molar-refractivity contribution in [2.75, 3.05) is 19.0 Å². The molecule has 0 aliphatic rings. The van der Waals surface area contributed by atoms with Crippen molar-refractivity contribution in [2.45, 2.75) is 26.9 Å². The second kappa shape index (κ2) is 8.93. The minimum Gasteiger partial charge on any atom is -0.493 e. The van der Waals surface area contributed by atoms with Crippen LogP contribution in [0.3, 0.4) is 0 Å². The molecule has 0 aliphatic carbocycles. The zero-order chi connectivity index (χ0) is 20.0. The molecule has 27 heavy (non-hydrogen) atoms. The molecule has 7 nitrogen and oxygen atoms in total. The molecule has 2 aromatic rings. The van der Waals surface area contributed by atoms with Crippen molar-refractivity contribution < 1.29 is 28.9 Å². The average molecular weight is 373 g/mol. The van der Waals surface area contributed by atoms with E-state index in [1.165, 1.54) is 25.3 Å². The lowest BCUT2D eigenvalue weighted by molar-refractivity contribution is 0.0696. The highest BCUT2D eigenvalue weighted by Crippen LogP contribution is 2.30. The maximum absolute atomic E-state index is 12.7. The third-order valence-corrected chi connectivity index (χ3v) is 3.56. The van der Waals surface area contributed by atoms with E-state index in [9.17, 15) is 14.7 Å². The van der Waals surface area contributed by atoms with Crippen LogP contribution in [0.15, 0.2) is 36.4 Å². The summed E-state index contributed by atoms with van der Waals surface area (Å²) >= 11 is 0. The van der Waals surface area contributed by atoms with Crippen LogP contribution in [0.2, 0.25) is 0 Å². The zero-order valence-corrected chi connectivity index (χ0v) is 15.7. The number of carboxylic acid groups (broad SMARTS) is 1. The number of anilines is 1. The number of ether oxygens (including phenoxy) is 3. The summed E-state index contributed by atoms with van der Waals surface area (Å²) in [5, 5.41) is 11.9. The summed E-state index contributed by atoms with van der Waals surface area (Å²) in [5.74, 6) is -0.159. The molecule has 0 radical (unpaired) electrons. The summed E-state index contributed by atoms with van der Waals surface area (Å²) < 4.78 is 16.4. The third-order valence-electron chi connectivity index (χ3n) is 3.56. The molecule has 0 heterocycles. The van der Waals surface area contributed by atoms with Gasteiger partial charge in [-0.2, -0.15) is 0 Å². The number of carboxylic acids is 1. The topological polar surface area (TPSA) is 94.1 Å². The van der Waals surface area contributed by atoms with E-state index in [1.807, 2.05) is 20.8 Å². The Morgan fingerprint density at radius 1 is 1.04 bits per heavy atom. The Morgan fingerprint density at radius 3 is 2.30 bits per heavy atom. The highest BCUT2D eigenvalue weighted by molar-refractivity contribution is 6.06. The zero-order valence-electron chi connectivity index (χ0n) is 15.7. The largest absolute Gasteiger partial charge is 0.493 e. The molecule has 2 N–H and O–H groups in total. The first-order valence-electron chi connectivity index (χ1n) is 8.51. The van der Waals surface area contributed by atoms with Crippen molar-refractivity contribution >= 4 is 17.6 Å². The average Bonchev–Trinajstić information content (AvgIpc) is 2.63. The molecule has 0 atom stereocenters. The van der Waals surface area contributed by atoms with Crippen LogP contribution in [0, 0.1) is 0 Å². The Labute approximate surface area is 157 Å². The van der Waals surface area contributed by atoms with Crippen molar-refractivity contribution in [3.63, 3.8) is 0 Å². The standard InChI is InChI=1S/C20H23NO6/c1-5-26-17-9-6-13(11-18(17)25-4)19(22)21-15-10-14(20(23)24)7-8-16(15)27-12(2)3/h6-12H,5H2,1-4H3,(H,21,22)(H,23,24). The van der Waals surface area contributed by atoms with Gasteiger partial charge in [0.25, 0.3) is 5.91 Å². The summed E-state index contributed by atoms with van der Waals surface area (Å²) in [7, 11) is 1.49. The van der Waals surface area contributed by atoms with E-state index in [0.717, 1.165) is 0 Å². The Morgan fingerprint density at radius 2 is 1.70 bits per heavy atom. The minimum atomic E-state index is -1.09. The molecule has 0 unspecified atom stereocenters. The van der Waals surface area contributed by atoms with E-state index in [0.29, 0.717) is 29.4 Å². The molecular weight excluding hydrogens is 350 g/mol. The van der Waals surface area contributed by atoms with Crippen molar-refractivity contribution in [1.82, 2.24) is 0 Å². The van der Waals surface area contributed by atoms with Crippen LogP contribution in [0.1, 0.15) is 41.5 Å². The smallest absolute Gasteiger partial charge is 0.335 e. The maximum Gasteiger partial charge on any atom is 0.335 e. The highest BCUT2D eigenvalue weighted by Gasteiger charge is 2.16. The molecule has 1 amide bonds. The summed E-state index contributed by atoms with van der Waals surface area (Å²) in [6.45, 7) is 6.01. The molecule has 0 aromatic heterocycles. The van der Waals surface area contributed by atoms with Gasteiger partial charge in [-0.3, -0.25) is 4.79 Å². The molecule has 7 heteroatoms. The summed E-state index contributed by atoms with van der Waals surface area (Å²) in [6, 6.07) is 9.13. The lowest BCUT2D eigenvalue weighted by Gasteiger charge is -2.16. The third kappa shape index (κ3) is 5.13. The van der Waals surface area contributed by atoms with Gasteiger partial charge in [-0.25, -0.2) is 4.79 Å². The molecule has 144 valence electrons. The fourth-order valence-electron chi connectivity index (χ4n) is 2.40. The summed E-state index contributed by atoms with van der Waals surface area (Å²) in [5.41, 5.74) is 0.665. The predicted molar refractivity (Wildman–Crippen MR) is 101 cm³/mol. The lowest BCUT2D eigenvalue weighted by Crippen LogP contribution is -2.15. The van der Waals surface area contributed by atoms with Crippen LogP contribution in [0.4, 0.5) is 5.69 Å². The molecule has 2 rings (SSSR count). The second-order valence-electron chi connectivity index (χ2n) is 5.94. The van der Waals surface area contributed by atoms with Crippen LogP contribution in [0.5, 0.6) is 17.2 Å². The van der Waals surface area contributed by atoms with Crippen LogP contribution in [0.25, 0.3) is 0 Å². The molecule has 0 bridgehead atoms. The number of hydrogen-bond acceptors (Lipinski definition) is 5. The first-order valence-corrected chi connectivity index (χ1v) is 8.51. The van der Waals surface area contributed by atoms with Crippen LogP contribution < -0.4 is 19.5 Å². The number of carbonyl (C=O) groups is 2. The van der Waals surface area contributed by atoms with Gasteiger partial charge in [0.1, 0.15) is 5.75 Å². The molecular formula is C20H23NO6. The van der Waals surface area contributed by atoms with Crippen LogP contribution >= 0.6 is 0 Å². The van der Waals surface area contributed by atoms with Gasteiger partial charge in [0.15, 0.2) is 11.5 Å². The number of hydrogen-bond donors (Lipinski definition) is 2. The van der Waals surface area contributed by atoms with Crippen molar-refractivity contribution in [3.8, 4) is 17.2 Å². The predicted octanol–water partition coefficient (Wildman–Crippen LogP) is 3.83. The maximum atomic E-state index is 12.7. The molecule has 0 spiro atoms. The first kappa shape index (κ1) is 20.1. The Hall–Kier alpha value is -3.22. The second-order valence-corrected chi connectivity index (χ2v) is 5.94. The van der Waals surface area contributed by atoms with Gasteiger partial charge >= 0.3 is 5.97 Å². The van der Waals surface area contributed by atoms with Crippen LogP contribution in [-0.4, -0.2) is 36.8 Å².